The van der Waals surface area contributed by atoms with E-state index < -0.39 is 11.6 Å². The van der Waals surface area contributed by atoms with E-state index in [-0.39, 0.29) is 19.7 Å². The normalized spacial score (nSPS) is 21.4. The van der Waals surface area contributed by atoms with Crippen molar-refractivity contribution in [1.29, 1.82) is 0 Å². The molecular weight excluding hydrogens is 137 g/mol. The average Bonchev–Trinajstić information content (AvgIpc) is 1.83. The molecule has 1 rings (SSSR count). The standard InChI is InChI=1S/C6H10FNO2/c1-2-10-5(9)6(7)3-8-4-6/h8H,2-4H2,1H3. The van der Waals surface area contributed by atoms with Crippen LogP contribution in [0.2, 0.25) is 0 Å². The third kappa shape index (κ3) is 1.11. The summed E-state index contributed by atoms with van der Waals surface area (Å²) >= 11 is 0. The van der Waals surface area contributed by atoms with Crippen molar-refractivity contribution in [2.75, 3.05) is 19.7 Å². The summed E-state index contributed by atoms with van der Waals surface area (Å²) in [5, 5.41) is 2.67. The Hall–Kier alpha value is -0.640. The molecule has 0 spiro atoms. The second-order valence-corrected chi connectivity index (χ2v) is 2.29. The number of hydrogen-bond acceptors (Lipinski definition) is 3. The smallest absolute Gasteiger partial charge is 0.346 e. The molecule has 0 radical (unpaired) electrons. The van der Waals surface area contributed by atoms with Crippen molar-refractivity contribution < 1.29 is 13.9 Å². The fourth-order valence-corrected chi connectivity index (χ4v) is 0.749. The van der Waals surface area contributed by atoms with E-state index in [1.807, 2.05) is 0 Å². The third-order valence-corrected chi connectivity index (χ3v) is 1.45. The summed E-state index contributed by atoms with van der Waals surface area (Å²) in [6, 6.07) is 0. The number of nitrogens with one attached hydrogen (secondary N) is 1. The summed E-state index contributed by atoms with van der Waals surface area (Å²) < 4.78 is 17.4. The molecule has 0 aromatic carbocycles. The van der Waals surface area contributed by atoms with E-state index in [0.29, 0.717) is 0 Å². The number of halogens is 1. The van der Waals surface area contributed by atoms with Crippen LogP contribution in [0.3, 0.4) is 0 Å². The Labute approximate surface area is 58.5 Å². The van der Waals surface area contributed by atoms with E-state index in [1.165, 1.54) is 0 Å². The number of esters is 1. The fourth-order valence-electron chi connectivity index (χ4n) is 0.749. The number of hydrogen-bond donors (Lipinski definition) is 1. The highest BCUT2D eigenvalue weighted by molar-refractivity contribution is 5.81. The van der Waals surface area contributed by atoms with Crippen molar-refractivity contribution in [1.82, 2.24) is 5.32 Å². The molecule has 1 aliphatic rings. The number of carbonyl (C=O) groups is 1. The molecule has 0 aromatic rings. The number of alkyl halides is 1. The van der Waals surface area contributed by atoms with Gasteiger partial charge >= 0.3 is 5.97 Å². The van der Waals surface area contributed by atoms with Crippen LogP contribution in [0.15, 0.2) is 0 Å². The molecule has 0 saturated carbocycles. The molecule has 58 valence electrons. The van der Waals surface area contributed by atoms with Crippen molar-refractivity contribution in [3.8, 4) is 0 Å². The Balaban J connectivity index is 2.39. The molecule has 0 aliphatic carbocycles. The van der Waals surface area contributed by atoms with Crippen molar-refractivity contribution in [2.24, 2.45) is 0 Å². The van der Waals surface area contributed by atoms with Gasteiger partial charge in [-0.05, 0) is 6.92 Å². The van der Waals surface area contributed by atoms with Gasteiger partial charge in [-0.15, -0.1) is 0 Å². The lowest BCUT2D eigenvalue weighted by Gasteiger charge is -2.31. The van der Waals surface area contributed by atoms with Gasteiger partial charge in [-0.1, -0.05) is 0 Å². The summed E-state index contributed by atoms with van der Waals surface area (Å²) in [6.07, 6.45) is 0. The summed E-state index contributed by atoms with van der Waals surface area (Å²) in [5.74, 6) is -0.742. The highest BCUT2D eigenvalue weighted by Crippen LogP contribution is 2.17. The maximum Gasteiger partial charge on any atom is 0.346 e. The van der Waals surface area contributed by atoms with Gasteiger partial charge in [-0.25, -0.2) is 9.18 Å². The van der Waals surface area contributed by atoms with Crippen LogP contribution in [0.25, 0.3) is 0 Å². The monoisotopic (exact) mass is 147 g/mol. The Bertz CT molecular complexity index is 145. The minimum atomic E-state index is -1.74. The van der Waals surface area contributed by atoms with Crippen LogP contribution in [0.4, 0.5) is 4.39 Å². The zero-order valence-corrected chi connectivity index (χ0v) is 5.82. The predicted octanol–water partition coefficient (Wildman–Crippen LogP) is -0.139. The molecule has 4 heteroatoms. The molecule has 3 nitrogen and oxygen atoms in total. The minimum Gasteiger partial charge on any atom is -0.464 e. The van der Waals surface area contributed by atoms with E-state index in [1.54, 1.807) is 6.92 Å². The predicted molar refractivity (Wildman–Crippen MR) is 33.3 cm³/mol. The molecule has 10 heavy (non-hydrogen) atoms. The molecule has 1 saturated heterocycles. The molecular formula is C6H10FNO2. The van der Waals surface area contributed by atoms with Crippen LogP contribution in [-0.2, 0) is 9.53 Å². The lowest BCUT2D eigenvalue weighted by Crippen LogP contribution is -2.61. The van der Waals surface area contributed by atoms with Gasteiger partial charge in [0, 0.05) is 13.1 Å². The largest absolute Gasteiger partial charge is 0.464 e. The molecule has 0 bridgehead atoms. The van der Waals surface area contributed by atoms with E-state index >= 15 is 0 Å². The molecule has 0 atom stereocenters. The van der Waals surface area contributed by atoms with Gasteiger partial charge in [0.1, 0.15) is 0 Å². The summed E-state index contributed by atoms with van der Waals surface area (Å²) in [7, 11) is 0. The van der Waals surface area contributed by atoms with E-state index in [2.05, 4.69) is 10.1 Å². The molecule has 0 amide bonds. The highest BCUT2D eigenvalue weighted by atomic mass is 19.1. The lowest BCUT2D eigenvalue weighted by molar-refractivity contribution is -0.160. The van der Waals surface area contributed by atoms with Crippen molar-refractivity contribution in [3.63, 3.8) is 0 Å². The molecule has 1 heterocycles. The Morgan fingerprint density at radius 1 is 1.80 bits per heavy atom. The van der Waals surface area contributed by atoms with E-state index in [9.17, 15) is 9.18 Å². The third-order valence-electron chi connectivity index (χ3n) is 1.45. The average molecular weight is 147 g/mol. The first-order valence-corrected chi connectivity index (χ1v) is 3.26. The minimum absolute atomic E-state index is 0.0891. The number of rotatable bonds is 2. The number of ether oxygens (including phenoxy) is 1. The van der Waals surface area contributed by atoms with Gasteiger partial charge in [-0.3, -0.25) is 0 Å². The van der Waals surface area contributed by atoms with Crippen LogP contribution in [0.1, 0.15) is 6.92 Å². The summed E-state index contributed by atoms with van der Waals surface area (Å²) in [5.41, 5.74) is -1.74. The van der Waals surface area contributed by atoms with E-state index in [0.717, 1.165) is 0 Å². The second kappa shape index (κ2) is 2.54. The Morgan fingerprint density at radius 3 is 2.70 bits per heavy atom. The van der Waals surface area contributed by atoms with Crippen LogP contribution in [0.5, 0.6) is 0 Å². The van der Waals surface area contributed by atoms with Crippen LogP contribution >= 0.6 is 0 Å². The van der Waals surface area contributed by atoms with Gasteiger partial charge in [-0.2, -0.15) is 0 Å². The first-order valence-electron chi connectivity index (χ1n) is 3.26. The molecule has 1 fully saturated rings. The van der Waals surface area contributed by atoms with Crippen molar-refractivity contribution >= 4 is 5.97 Å². The maximum absolute atomic E-state index is 12.9. The quantitative estimate of drug-likeness (QED) is 0.552. The maximum atomic E-state index is 12.9. The van der Waals surface area contributed by atoms with Crippen molar-refractivity contribution in [3.05, 3.63) is 0 Å². The fraction of sp³-hybridized carbons (Fsp3) is 0.833. The summed E-state index contributed by atoms with van der Waals surface area (Å²) in [4.78, 5) is 10.7. The van der Waals surface area contributed by atoms with Crippen LogP contribution in [0, 0.1) is 0 Å². The first-order chi connectivity index (χ1) is 4.69. The lowest BCUT2D eigenvalue weighted by atomic mass is 10.0. The molecule has 0 unspecified atom stereocenters. The highest BCUT2D eigenvalue weighted by Gasteiger charge is 2.46. The SMILES string of the molecule is CCOC(=O)C1(F)CNC1. The molecule has 1 aliphatic heterocycles. The van der Waals surface area contributed by atoms with Crippen LogP contribution in [-0.4, -0.2) is 31.3 Å². The molecule has 1 N–H and O–H groups in total. The zero-order chi connectivity index (χ0) is 7.61. The van der Waals surface area contributed by atoms with Gasteiger partial charge in [0.05, 0.1) is 6.61 Å². The van der Waals surface area contributed by atoms with E-state index in [4.69, 9.17) is 0 Å². The Morgan fingerprint density at radius 2 is 2.40 bits per heavy atom. The van der Waals surface area contributed by atoms with Crippen molar-refractivity contribution in [2.45, 2.75) is 12.6 Å². The Kier molecular flexibility index (Phi) is 1.89. The van der Waals surface area contributed by atoms with Crippen LogP contribution < -0.4 is 5.32 Å². The van der Waals surface area contributed by atoms with Gasteiger partial charge in [0.2, 0.25) is 5.67 Å². The topological polar surface area (TPSA) is 38.3 Å². The van der Waals surface area contributed by atoms with Gasteiger partial charge < -0.3 is 10.1 Å². The number of carbonyl (C=O) groups excluding carboxylic acids is 1. The van der Waals surface area contributed by atoms with Gasteiger partial charge in [0.25, 0.3) is 0 Å². The zero-order valence-electron chi connectivity index (χ0n) is 5.82. The molecule has 0 aromatic heterocycles. The second-order valence-electron chi connectivity index (χ2n) is 2.29. The summed E-state index contributed by atoms with van der Waals surface area (Å²) in [6.45, 7) is 2.08. The van der Waals surface area contributed by atoms with Gasteiger partial charge in [0.15, 0.2) is 0 Å². The first kappa shape index (κ1) is 7.47.